The highest BCUT2D eigenvalue weighted by Crippen LogP contribution is 2.35. The van der Waals surface area contributed by atoms with Gasteiger partial charge in [-0.25, -0.2) is 4.39 Å². The summed E-state index contributed by atoms with van der Waals surface area (Å²) >= 11 is 6.21. The van der Waals surface area contributed by atoms with Crippen LogP contribution in [0.1, 0.15) is 140 Å². The molecule has 0 spiro atoms. The molecule has 3 saturated heterocycles. The summed E-state index contributed by atoms with van der Waals surface area (Å²) in [5.74, 6) is 3.33. The molecule has 12 nitrogen and oxygen atoms in total. The molecule has 6 aromatic carbocycles. The SMILES string of the molecule is CC(=O)c1cn(CCCCN2CCC(Oc3ccc(F)cc3)CC2)c2ccccc12.CC(=O)c1cn(CCCCN2CCC(Oc3ccccc3Cl)CC2)c2ccccc12.COc1ccccc1C1CCN(CCCCn2cc(C(C)=O)c3ccccc32)CC1. The van der Waals surface area contributed by atoms with E-state index < -0.39 is 0 Å². The minimum atomic E-state index is -0.234. The van der Waals surface area contributed by atoms with Crippen molar-refractivity contribution >= 4 is 61.7 Å². The molecule has 0 atom stereocenters. The predicted molar refractivity (Wildman–Crippen MR) is 363 cm³/mol. The second kappa shape index (κ2) is 32.5. The Kier molecular flexibility index (Phi) is 23.6. The number of Topliss-reactive ketones (excluding diaryl/α,β-unsaturated/α-hetero) is 3. The maximum atomic E-state index is 13.0. The van der Waals surface area contributed by atoms with Crippen LogP contribution in [-0.2, 0) is 19.6 Å². The van der Waals surface area contributed by atoms with Crippen molar-refractivity contribution in [3.05, 3.63) is 197 Å². The van der Waals surface area contributed by atoms with Gasteiger partial charge in [0.05, 0.1) is 12.1 Å². The van der Waals surface area contributed by atoms with Crippen LogP contribution in [0, 0.1) is 5.82 Å². The van der Waals surface area contributed by atoms with Crippen molar-refractivity contribution in [1.29, 1.82) is 0 Å². The number of fused-ring (bicyclic) bond motifs is 3. The Bertz CT molecular complexity index is 3770. The molecule has 3 aliphatic heterocycles. The standard InChI is InChI=1S/C26H32N2O2.C25H29ClN2O2.C25H29FN2O2/c1-20(29)24-19-28(25-11-5-3-10-23(24)25)16-8-7-15-27-17-13-21(14-18-27)22-9-4-6-12-26(22)30-2;1-19(29)22-18-28(24-10-4-2-8-21(22)24)15-7-6-14-27-16-12-20(13-17-27)30-25-11-5-3-9-23(25)26;1-19(29)24-18-28(25-7-3-2-6-23(24)25)15-5-4-14-27-16-12-22(13-17-27)30-21-10-8-20(26)9-11-21/h3-6,9-12,19,21H,7-8,13-18H2,1-2H3;2-5,8-11,18,20H,6-7,12-17H2,1H3;2-3,6-11,18,22H,4-5,12-17H2,1H3. The highest BCUT2D eigenvalue weighted by molar-refractivity contribution is 6.32. The first kappa shape index (κ1) is 65.4. The number of para-hydroxylation sites is 5. The Morgan fingerprint density at radius 1 is 0.433 bits per heavy atom. The first-order chi connectivity index (χ1) is 43.9. The monoisotopic (exact) mass is 1240 g/mol. The lowest BCUT2D eigenvalue weighted by Gasteiger charge is -2.32. The molecule has 0 unspecified atom stereocenters. The highest BCUT2D eigenvalue weighted by Gasteiger charge is 2.25. The number of benzene rings is 6. The number of hydrogen-bond acceptors (Lipinski definition) is 9. The number of carbonyl (C=O) groups is 3. The Morgan fingerprint density at radius 2 is 0.789 bits per heavy atom. The second-order valence-electron chi connectivity index (χ2n) is 24.6. The molecule has 90 heavy (non-hydrogen) atoms. The lowest BCUT2D eigenvalue weighted by Crippen LogP contribution is -2.38. The van der Waals surface area contributed by atoms with Gasteiger partial charge in [-0.2, -0.15) is 0 Å². The number of unbranched alkanes of at least 4 members (excludes halogenated alkanes) is 3. The molecule has 0 saturated carbocycles. The number of aromatic nitrogens is 3. The van der Waals surface area contributed by atoms with Gasteiger partial charge in [-0.1, -0.05) is 96.5 Å². The third-order valence-electron chi connectivity index (χ3n) is 18.4. The van der Waals surface area contributed by atoms with E-state index in [9.17, 15) is 18.8 Å². The summed E-state index contributed by atoms with van der Waals surface area (Å²) in [5, 5.41) is 3.87. The van der Waals surface area contributed by atoms with Crippen molar-refractivity contribution in [2.45, 2.75) is 136 Å². The number of piperidine rings is 3. The first-order valence-electron chi connectivity index (χ1n) is 32.8. The van der Waals surface area contributed by atoms with Gasteiger partial charge in [0.25, 0.3) is 0 Å². The van der Waals surface area contributed by atoms with Crippen molar-refractivity contribution in [3.8, 4) is 17.2 Å². The summed E-state index contributed by atoms with van der Waals surface area (Å²) in [5.41, 5.74) is 7.30. The zero-order valence-corrected chi connectivity index (χ0v) is 53.9. The quantitative estimate of drug-likeness (QED) is 0.0432. The van der Waals surface area contributed by atoms with Crippen molar-refractivity contribution in [2.24, 2.45) is 0 Å². The van der Waals surface area contributed by atoms with Crippen LogP contribution in [-0.4, -0.2) is 124 Å². The molecule has 3 aromatic heterocycles. The number of aryl methyl sites for hydroxylation is 3. The number of ether oxygens (including phenoxy) is 3. The van der Waals surface area contributed by atoms with E-state index in [1.54, 1.807) is 40.0 Å². The molecule has 0 radical (unpaired) electrons. The van der Waals surface area contributed by atoms with Crippen LogP contribution in [0.4, 0.5) is 4.39 Å². The van der Waals surface area contributed by atoms with Crippen LogP contribution in [0.3, 0.4) is 0 Å². The number of halogens is 2. The topological polar surface area (TPSA) is 103 Å². The minimum absolute atomic E-state index is 0.121. The van der Waals surface area contributed by atoms with Crippen molar-refractivity contribution < 1.29 is 33.0 Å². The Hall–Kier alpha value is -7.55. The Labute approximate surface area is 536 Å². The molecule has 0 bridgehead atoms. The van der Waals surface area contributed by atoms with Crippen LogP contribution in [0.2, 0.25) is 5.02 Å². The van der Waals surface area contributed by atoms with Crippen LogP contribution in [0.5, 0.6) is 17.2 Å². The largest absolute Gasteiger partial charge is 0.496 e. The maximum Gasteiger partial charge on any atom is 0.161 e. The van der Waals surface area contributed by atoms with Gasteiger partial charge in [0.1, 0.15) is 35.3 Å². The molecular weight excluding hydrogens is 1150 g/mol. The van der Waals surface area contributed by atoms with Crippen molar-refractivity contribution in [3.63, 3.8) is 0 Å². The van der Waals surface area contributed by atoms with E-state index >= 15 is 0 Å². The van der Waals surface area contributed by atoms with Gasteiger partial charge >= 0.3 is 0 Å². The van der Waals surface area contributed by atoms with Gasteiger partial charge in [0.15, 0.2) is 17.3 Å². The smallest absolute Gasteiger partial charge is 0.161 e. The van der Waals surface area contributed by atoms with E-state index in [0.717, 1.165) is 197 Å². The molecule has 3 aliphatic rings. The number of carbonyl (C=O) groups excluding carboxylic acids is 3. The lowest BCUT2D eigenvalue weighted by molar-refractivity contribution is 0.0992. The molecule has 9 aromatic rings. The molecule has 3 fully saturated rings. The number of rotatable bonds is 24. The second-order valence-corrected chi connectivity index (χ2v) is 25.0. The van der Waals surface area contributed by atoms with Crippen LogP contribution >= 0.6 is 11.6 Å². The number of nitrogens with zero attached hydrogens (tertiary/aromatic N) is 6. The van der Waals surface area contributed by atoms with Crippen LogP contribution < -0.4 is 14.2 Å². The molecule has 12 rings (SSSR count). The third-order valence-corrected chi connectivity index (χ3v) is 18.7. The third kappa shape index (κ3) is 17.5. The van der Waals surface area contributed by atoms with Crippen molar-refractivity contribution in [1.82, 2.24) is 28.4 Å². The van der Waals surface area contributed by atoms with Gasteiger partial charge in [-0.05, 0) is 203 Å². The summed E-state index contributed by atoms with van der Waals surface area (Å²) in [7, 11) is 1.77. The predicted octanol–water partition coefficient (Wildman–Crippen LogP) is 16.6. The van der Waals surface area contributed by atoms with Gasteiger partial charge in [0.2, 0.25) is 0 Å². The summed E-state index contributed by atoms with van der Waals surface area (Å²) in [6, 6.07) is 47.0. The molecule has 14 heteroatoms. The molecule has 0 N–H and O–H groups in total. The fraction of sp³-hybridized carbons (Fsp3) is 0.408. The molecule has 0 amide bonds. The van der Waals surface area contributed by atoms with E-state index in [4.69, 9.17) is 25.8 Å². The van der Waals surface area contributed by atoms with E-state index in [2.05, 4.69) is 76.9 Å². The normalized spacial score (nSPS) is 15.5. The summed E-state index contributed by atoms with van der Waals surface area (Å²) in [6.07, 6.45) is 19.8. The number of likely N-dealkylation sites (tertiary alicyclic amines) is 3. The first-order valence-corrected chi connectivity index (χ1v) is 33.2. The molecule has 6 heterocycles. The zero-order valence-electron chi connectivity index (χ0n) is 53.2. The lowest BCUT2D eigenvalue weighted by atomic mass is 9.89. The number of hydrogen-bond donors (Lipinski definition) is 0. The molecule has 0 aliphatic carbocycles. The van der Waals surface area contributed by atoms with Gasteiger partial charge in [0, 0.05) is 114 Å². The Balaban J connectivity index is 0.000000148. The number of methoxy groups -OCH3 is 1. The molecule has 474 valence electrons. The fourth-order valence-corrected chi connectivity index (χ4v) is 13.6. The minimum Gasteiger partial charge on any atom is -0.496 e. The van der Waals surface area contributed by atoms with E-state index in [-0.39, 0.29) is 35.4 Å². The van der Waals surface area contributed by atoms with Gasteiger partial charge in [-0.3, -0.25) is 14.4 Å². The van der Waals surface area contributed by atoms with Crippen molar-refractivity contribution in [2.75, 3.05) is 66.0 Å². The number of ketones is 3. The average Bonchev–Trinajstić information content (AvgIpc) is 3.00. The maximum absolute atomic E-state index is 13.0. The summed E-state index contributed by atoms with van der Waals surface area (Å²) in [6.45, 7) is 17.6. The fourth-order valence-electron chi connectivity index (χ4n) is 13.4. The van der Waals surface area contributed by atoms with E-state index in [0.29, 0.717) is 10.9 Å². The average molecular weight is 1240 g/mol. The highest BCUT2D eigenvalue weighted by atomic mass is 35.5. The van der Waals surface area contributed by atoms with E-state index in [1.807, 2.05) is 91.4 Å². The zero-order chi connectivity index (χ0) is 62.8. The van der Waals surface area contributed by atoms with Gasteiger partial charge in [-0.15, -0.1) is 0 Å². The summed E-state index contributed by atoms with van der Waals surface area (Å²) < 4.78 is 37.3. The van der Waals surface area contributed by atoms with Gasteiger partial charge < -0.3 is 42.6 Å². The van der Waals surface area contributed by atoms with Crippen LogP contribution in [0.15, 0.2) is 164 Å². The van der Waals surface area contributed by atoms with Crippen LogP contribution in [0.25, 0.3) is 32.7 Å². The molecular formula is C76H90ClFN6O6. The van der Waals surface area contributed by atoms with E-state index in [1.165, 1.54) is 42.5 Å². The Morgan fingerprint density at radius 3 is 1.20 bits per heavy atom. The summed E-state index contributed by atoms with van der Waals surface area (Å²) in [4.78, 5) is 43.4.